The first-order valence-electron chi connectivity index (χ1n) is 31.3. The zero-order valence-corrected chi connectivity index (χ0v) is 49.9. The summed E-state index contributed by atoms with van der Waals surface area (Å²) >= 11 is 0. The molecular formula is C74H86N2O4. The molecule has 416 valence electrons. The zero-order chi connectivity index (χ0) is 56.4. The summed E-state index contributed by atoms with van der Waals surface area (Å²) in [4.78, 5) is 65.5. The third kappa shape index (κ3) is 9.52. The van der Waals surface area contributed by atoms with Gasteiger partial charge in [0.25, 0.3) is 23.6 Å². The Morgan fingerprint density at radius 2 is 0.713 bits per heavy atom. The van der Waals surface area contributed by atoms with E-state index in [4.69, 9.17) is 0 Å². The van der Waals surface area contributed by atoms with E-state index in [1.807, 2.05) is 18.2 Å². The molecule has 0 radical (unpaired) electrons. The van der Waals surface area contributed by atoms with E-state index in [1.165, 1.54) is 32.7 Å². The predicted molar refractivity (Wildman–Crippen MR) is 338 cm³/mol. The molecule has 80 heavy (non-hydrogen) atoms. The topological polar surface area (TPSA) is 74.8 Å². The van der Waals surface area contributed by atoms with Crippen LogP contribution in [0.4, 0.5) is 0 Å². The van der Waals surface area contributed by atoms with Gasteiger partial charge in [-0.3, -0.25) is 29.0 Å². The van der Waals surface area contributed by atoms with Crippen molar-refractivity contribution in [1.29, 1.82) is 0 Å². The lowest BCUT2D eigenvalue weighted by molar-refractivity contribution is 0.0501. The molecule has 0 unspecified atom stereocenters. The van der Waals surface area contributed by atoms with Crippen LogP contribution in [0.2, 0.25) is 0 Å². The van der Waals surface area contributed by atoms with E-state index in [0.717, 1.165) is 183 Å². The molecule has 9 aromatic rings. The standard InChI is InChI=1S/C74H86N2O4/c1-11-15-19-23-27-50(28-24-20-16-12-2)75-69(77)55-36-33-52-53-34-37-57-67-61(72(80)76(71(57)79)51(29-25-21-17-13-3)30-26-22-18-14-4)44-60(65(68(53)67)54-35-38-56(70(75)78)66(55)64(52)54)58-42-47-41-48(73(5,6)7)39-45-31-32-46-40-49(74(8,9)10)43-59(58)63(46)62(45)47/h31-44,50-51H,11-30H2,1-10H3. The number of carbonyl (C=O) groups excluding carboxylic acids is 4. The maximum Gasteiger partial charge on any atom is 0.261 e. The Morgan fingerprint density at radius 1 is 0.312 bits per heavy atom. The van der Waals surface area contributed by atoms with Crippen molar-refractivity contribution in [3.63, 3.8) is 0 Å². The van der Waals surface area contributed by atoms with Crippen molar-refractivity contribution in [1.82, 2.24) is 9.80 Å². The highest BCUT2D eigenvalue weighted by atomic mass is 16.2. The molecular weight excluding hydrogens is 981 g/mol. The summed E-state index contributed by atoms with van der Waals surface area (Å²) in [6.45, 7) is 22.5. The molecule has 0 bridgehead atoms. The Labute approximate surface area is 475 Å². The van der Waals surface area contributed by atoms with Crippen LogP contribution in [-0.2, 0) is 10.8 Å². The molecule has 2 aliphatic heterocycles. The number of carbonyl (C=O) groups is 4. The molecule has 0 spiro atoms. The first-order valence-corrected chi connectivity index (χ1v) is 31.3. The van der Waals surface area contributed by atoms with E-state index >= 15 is 19.2 Å². The Kier molecular flexibility index (Phi) is 15.4. The quantitative estimate of drug-likeness (QED) is 0.0277. The molecule has 6 heteroatoms. The van der Waals surface area contributed by atoms with Gasteiger partial charge in [-0.05, 0) is 160 Å². The number of fused-ring (bicyclic) bond motifs is 2. The van der Waals surface area contributed by atoms with Gasteiger partial charge in [0, 0.05) is 45.1 Å². The Hall–Kier alpha value is -6.40. The molecule has 9 aromatic carbocycles. The van der Waals surface area contributed by atoms with Crippen molar-refractivity contribution in [2.45, 2.75) is 221 Å². The van der Waals surface area contributed by atoms with Crippen LogP contribution in [0, 0.1) is 0 Å². The van der Waals surface area contributed by atoms with Crippen molar-refractivity contribution in [3.05, 3.63) is 118 Å². The lowest BCUT2D eigenvalue weighted by atomic mass is 9.77. The minimum Gasteiger partial charge on any atom is -0.271 e. The summed E-state index contributed by atoms with van der Waals surface area (Å²) in [7, 11) is 0. The van der Waals surface area contributed by atoms with Gasteiger partial charge in [-0.15, -0.1) is 0 Å². The molecule has 2 heterocycles. The van der Waals surface area contributed by atoms with E-state index in [2.05, 4.69) is 136 Å². The van der Waals surface area contributed by atoms with E-state index < -0.39 is 0 Å². The highest BCUT2D eigenvalue weighted by molar-refractivity contribution is 6.43. The summed E-state index contributed by atoms with van der Waals surface area (Å²) in [5.41, 5.74) is 6.41. The predicted octanol–water partition coefficient (Wildman–Crippen LogP) is 20.7. The van der Waals surface area contributed by atoms with Gasteiger partial charge in [0.1, 0.15) is 0 Å². The summed E-state index contributed by atoms with van der Waals surface area (Å²) in [5.74, 6) is -0.826. The fraction of sp³-hybridized carbons (Fsp3) is 0.459. The highest BCUT2D eigenvalue weighted by Gasteiger charge is 2.42. The number of nitrogens with zero attached hydrogens (tertiary/aromatic N) is 2. The second kappa shape index (κ2) is 22.2. The number of imide groups is 2. The maximum atomic E-state index is 16.0. The average molecular weight is 1070 g/mol. The van der Waals surface area contributed by atoms with Crippen LogP contribution < -0.4 is 0 Å². The molecule has 0 saturated heterocycles. The van der Waals surface area contributed by atoms with Gasteiger partial charge in [-0.2, -0.15) is 0 Å². The Bertz CT molecular complexity index is 3820. The molecule has 0 aliphatic carbocycles. The number of unbranched alkanes of at least 4 members (excludes halogenated alkanes) is 12. The van der Waals surface area contributed by atoms with Gasteiger partial charge in [0.05, 0.1) is 0 Å². The van der Waals surface area contributed by atoms with E-state index in [1.54, 1.807) is 9.80 Å². The lowest BCUT2D eigenvalue weighted by Crippen LogP contribution is -2.47. The molecule has 0 saturated carbocycles. The van der Waals surface area contributed by atoms with Gasteiger partial charge in [0.15, 0.2) is 0 Å². The van der Waals surface area contributed by atoms with E-state index in [0.29, 0.717) is 33.0 Å². The molecule has 6 nitrogen and oxygen atoms in total. The minimum atomic E-state index is -0.211. The molecule has 0 atom stereocenters. The largest absolute Gasteiger partial charge is 0.271 e. The fourth-order valence-electron chi connectivity index (χ4n) is 14.3. The van der Waals surface area contributed by atoms with Crippen molar-refractivity contribution >= 4 is 99.0 Å². The van der Waals surface area contributed by atoms with Crippen LogP contribution in [0.5, 0.6) is 0 Å². The third-order valence-corrected chi connectivity index (χ3v) is 18.8. The van der Waals surface area contributed by atoms with Gasteiger partial charge in [-0.1, -0.05) is 221 Å². The number of hydrogen-bond acceptors (Lipinski definition) is 4. The van der Waals surface area contributed by atoms with Crippen LogP contribution in [0.15, 0.2) is 84.9 Å². The van der Waals surface area contributed by atoms with Gasteiger partial charge >= 0.3 is 0 Å². The van der Waals surface area contributed by atoms with Gasteiger partial charge in [0.2, 0.25) is 0 Å². The monoisotopic (exact) mass is 1070 g/mol. The van der Waals surface area contributed by atoms with Crippen molar-refractivity contribution in [3.8, 4) is 11.1 Å². The number of rotatable bonds is 23. The van der Waals surface area contributed by atoms with Gasteiger partial charge < -0.3 is 0 Å². The van der Waals surface area contributed by atoms with E-state index in [-0.39, 0.29) is 46.5 Å². The minimum absolute atomic E-state index is 0.116. The second-order valence-corrected chi connectivity index (χ2v) is 26.4. The first-order chi connectivity index (χ1) is 38.5. The number of hydrogen-bond donors (Lipinski definition) is 0. The summed E-state index contributed by atoms with van der Waals surface area (Å²) in [5, 5.41) is 14.0. The summed E-state index contributed by atoms with van der Waals surface area (Å²) < 4.78 is 0. The van der Waals surface area contributed by atoms with Crippen LogP contribution >= 0.6 is 0 Å². The Morgan fingerprint density at radius 3 is 1.18 bits per heavy atom. The number of benzene rings is 9. The summed E-state index contributed by atoms with van der Waals surface area (Å²) in [6.07, 6.45) is 20.4. The Balaban J connectivity index is 1.22. The van der Waals surface area contributed by atoms with Crippen molar-refractivity contribution in [2.75, 3.05) is 0 Å². The van der Waals surface area contributed by atoms with E-state index in [9.17, 15) is 0 Å². The van der Waals surface area contributed by atoms with Crippen LogP contribution in [0.3, 0.4) is 0 Å². The van der Waals surface area contributed by atoms with Crippen LogP contribution in [0.1, 0.15) is 250 Å². The third-order valence-electron chi connectivity index (χ3n) is 18.8. The molecule has 4 amide bonds. The fourth-order valence-corrected chi connectivity index (χ4v) is 14.3. The number of amides is 4. The normalized spacial score (nSPS) is 14.4. The highest BCUT2D eigenvalue weighted by Crippen LogP contribution is 2.53. The average Bonchev–Trinajstić information content (AvgIpc) is 1.25. The van der Waals surface area contributed by atoms with Crippen molar-refractivity contribution < 1.29 is 19.2 Å². The second-order valence-electron chi connectivity index (χ2n) is 26.4. The maximum absolute atomic E-state index is 16.0. The molecule has 0 N–H and O–H groups in total. The SMILES string of the molecule is CCCCCCC(CCCCCC)N1C(=O)c2ccc3c4ccc5c6c(cc(-c7cc8cc(C(C)(C)C)cc9ccc%10cc(C(C)(C)C)cc7c%10c98)c(c7ccc(c2c37)C1=O)c64)C(=O)N(C(CCCCCC)CCCCCC)C5=O. The van der Waals surface area contributed by atoms with Crippen LogP contribution in [-0.4, -0.2) is 45.5 Å². The van der Waals surface area contributed by atoms with Crippen molar-refractivity contribution in [2.24, 2.45) is 0 Å². The smallest absolute Gasteiger partial charge is 0.261 e. The van der Waals surface area contributed by atoms with Crippen LogP contribution in [0.25, 0.3) is 86.5 Å². The molecule has 2 aliphatic rings. The zero-order valence-electron chi connectivity index (χ0n) is 49.9. The molecule has 11 rings (SSSR count). The molecule has 0 fully saturated rings. The summed E-state index contributed by atoms with van der Waals surface area (Å²) in [6, 6.07) is 30.5. The first kappa shape index (κ1) is 55.5. The molecule has 0 aromatic heterocycles. The lowest BCUT2D eigenvalue weighted by Gasteiger charge is -2.36. The van der Waals surface area contributed by atoms with Gasteiger partial charge in [-0.25, -0.2) is 0 Å².